The molecule has 0 saturated carbocycles. The van der Waals surface area contributed by atoms with Crippen molar-refractivity contribution in [1.82, 2.24) is 5.43 Å². The highest BCUT2D eigenvalue weighted by atomic mass is 16.2. The van der Waals surface area contributed by atoms with Gasteiger partial charge in [0.05, 0.1) is 11.6 Å². The van der Waals surface area contributed by atoms with Gasteiger partial charge in [0, 0.05) is 0 Å². The van der Waals surface area contributed by atoms with Crippen LogP contribution in [0.25, 0.3) is 0 Å². The first kappa shape index (κ1) is 18.6. The van der Waals surface area contributed by atoms with E-state index in [0.29, 0.717) is 0 Å². The van der Waals surface area contributed by atoms with Crippen LogP contribution in [-0.2, 0) is 4.79 Å². The monoisotopic (exact) mass is 356 g/mol. The first-order chi connectivity index (χ1) is 13.2. The average Bonchev–Trinajstić information content (AvgIpc) is 2.70. The van der Waals surface area contributed by atoms with E-state index in [4.69, 9.17) is 0 Å². The van der Waals surface area contributed by atoms with E-state index in [1.54, 1.807) is 0 Å². The van der Waals surface area contributed by atoms with E-state index in [9.17, 15) is 4.79 Å². The van der Waals surface area contributed by atoms with Gasteiger partial charge in [-0.05, 0) is 22.6 Å². The van der Waals surface area contributed by atoms with Crippen LogP contribution in [0.3, 0.4) is 0 Å². The largest absolute Gasteiger partial charge is 0.272 e. The third kappa shape index (κ3) is 4.70. The second-order valence-corrected chi connectivity index (χ2v) is 6.75. The normalized spacial score (nSPS) is 11.6. The van der Waals surface area contributed by atoms with Crippen LogP contribution >= 0.6 is 0 Å². The zero-order valence-corrected chi connectivity index (χ0v) is 15.7. The van der Waals surface area contributed by atoms with Gasteiger partial charge in [0.2, 0.25) is 0 Å². The molecule has 0 aliphatic rings. The van der Waals surface area contributed by atoms with Crippen molar-refractivity contribution in [1.29, 1.82) is 0 Å². The van der Waals surface area contributed by atoms with Gasteiger partial charge in [-0.1, -0.05) is 105 Å². The molecule has 3 rings (SSSR count). The molecule has 0 unspecified atom stereocenters. The smallest absolute Gasteiger partial charge is 0.252 e. The Balaban J connectivity index is 1.91. The van der Waals surface area contributed by atoms with E-state index in [2.05, 4.69) is 24.4 Å². The van der Waals surface area contributed by atoms with Crippen molar-refractivity contribution in [2.75, 3.05) is 0 Å². The van der Waals surface area contributed by atoms with Gasteiger partial charge in [0.1, 0.15) is 0 Å². The van der Waals surface area contributed by atoms with Crippen molar-refractivity contribution in [2.24, 2.45) is 11.0 Å². The lowest BCUT2D eigenvalue weighted by Crippen LogP contribution is -2.28. The molecule has 0 fully saturated rings. The zero-order valence-electron chi connectivity index (χ0n) is 15.7. The molecule has 0 radical (unpaired) electrons. The van der Waals surface area contributed by atoms with Crippen LogP contribution < -0.4 is 5.43 Å². The summed E-state index contributed by atoms with van der Waals surface area (Å²) in [5.74, 6) is -0.346. The van der Waals surface area contributed by atoms with Crippen LogP contribution in [0.1, 0.15) is 36.5 Å². The van der Waals surface area contributed by atoms with Gasteiger partial charge in [0.25, 0.3) is 5.91 Å². The van der Waals surface area contributed by atoms with E-state index in [1.807, 2.05) is 91.0 Å². The van der Waals surface area contributed by atoms with Crippen LogP contribution in [0.5, 0.6) is 0 Å². The van der Waals surface area contributed by atoms with Gasteiger partial charge in [-0.25, -0.2) is 5.43 Å². The number of hydrazone groups is 1. The van der Waals surface area contributed by atoms with Gasteiger partial charge in [-0.2, -0.15) is 5.10 Å². The molecule has 27 heavy (non-hydrogen) atoms. The number of nitrogens with zero attached hydrogens (tertiary/aromatic N) is 1. The number of carbonyl (C=O) groups excluding carboxylic acids is 1. The minimum absolute atomic E-state index is 0.138. The predicted molar refractivity (Wildman–Crippen MR) is 111 cm³/mol. The number of amides is 1. The van der Waals surface area contributed by atoms with Crippen molar-refractivity contribution in [3.05, 3.63) is 108 Å². The van der Waals surface area contributed by atoms with Gasteiger partial charge in [0.15, 0.2) is 0 Å². The fourth-order valence-corrected chi connectivity index (χ4v) is 3.10. The van der Waals surface area contributed by atoms with Crippen molar-refractivity contribution < 1.29 is 4.79 Å². The molecule has 3 aromatic carbocycles. The maximum absolute atomic E-state index is 13.1. The molecule has 0 aliphatic heterocycles. The zero-order chi connectivity index (χ0) is 19.1. The molecule has 0 spiro atoms. The fourth-order valence-electron chi connectivity index (χ4n) is 3.10. The van der Waals surface area contributed by atoms with Crippen LogP contribution in [-0.4, -0.2) is 11.6 Å². The molecule has 136 valence electrons. The van der Waals surface area contributed by atoms with E-state index >= 15 is 0 Å². The Morgan fingerprint density at radius 1 is 0.741 bits per heavy atom. The molecule has 3 nitrogen and oxygen atoms in total. The molecule has 0 heterocycles. The molecule has 0 atom stereocenters. The lowest BCUT2D eigenvalue weighted by molar-refractivity contribution is -0.121. The van der Waals surface area contributed by atoms with Crippen molar-refractivity contribution in [3.8, 4) is 0 Å². The molecule has 1 amide bonds. The molecule has 3 heteroatoms. The summed E-state index contributed by atoms with van der Waals surface area (Å²) in [6, 6.07) is 29.5. The fraction of sp³-hybridized carbons (Fsp3) is 0.167. The van der Waals surface area contributed by atoms with E-state index < -0.39 is 5.92 Å². The molecule has 0 bridgehead atoms. The molecule has 3 aromatic rings. The number of hydrogen-bond donors (Lipinski definition) is 1. The SMILES string of the molecule is CC(C)/C(=N/NC(=O)C(c1ccccc1)c1ccccc1)c1ccccc1. The lowest BCUT2D eigenvalue weighted by Gasteiger charge is -2.17. The molecular formula is C24H24N2O. The number of nitrogens with one attached hydrogen (secondary N) is 1. The van der Waals surface area contributed by atoms with Crippen molar-refractivity contribution >= 4 is 11.6 Å². The highest BCUT2D eigenvalue weighted by Gasteiger charge is 2.22. The quantitative estimate of drug-likeness (QED) is 0.490. The Labute approximate surface area is 160 Å². The third-order valence-corrected chi connectivity index (χ3v) is 4.43. The standard InChI is InChI=1S/C24H24N2O/c1-18(2)23(21-16-10-5-11-17-21)25-26-24(27)22(19-12-6-3-7-13-19)20-14-8-4-9-15-20/h3-18,22H,1-2H3,(H,26,27)/b25-23-. The molecule has 0 aromatic heterocycles. The average molecular weight is 356 g/mol. The van der Waals surface area contributed by atoms with Gasteiger partial charge in [-0.3, -0.25) is 4.79 Å². The summed E-state index contributed by atoms with van der Waals surface area (Å²) in [5, 5.41) is 4.48. The Morgan fingerprint density at radius 2 is 1.19 bits per heavy atom. The number of carbonyl (C=O) groups is 1. The number of benzene rings is 3. The third-order valence-electron chi connectivity index (χ3n) is 4.43. The maximum atomic E-state index is 13.1. The topological polar surface area (TPSA) is 41.5 Å². The second kappa shape index (κ2) is 8.95. The minimum atomic E-state index is -0.402. The van der Waals surface area contributed by atoms with Crippen LogP contribution in [0.4, 0.5) is 0 Å². The van der Waals surface area contributed by atoms with E-state index in [0.717, 1.165) is 22.4 Å². The van der Waals surface area contributed by atoms with Crippen molar-refractivity contribution in [2.45, 2.75) is 19.8 Å². The predicted octanol–water partition coefficient (Wildman–Crippen LogP) is 5.00. The summed E-state index contributed by atoms with van der Waals surface area (Å²) < 4.78 is 0. The Morgan fingerprint density at radius 3 is 1.63 bits per heavy atom. The molecule has 0 saturated heterocycles. The second-order valence-electron chi connectivity index (χ2n) is 6.75. The summed E-state index contributed by atoms with van der Waals surface area (Å²) in [5.41, 5.74) is 6.58. The Hall–Kier alpha value is -3.20. The summed E-state index contributed by atoms with van der Waals surface area (Å²) in [4.78, 5) is 13.1. The molecular weight excluding hydrogens is 332 g/mol. The van der Waals surface area contributed by atoms with Crippen LogP contribution in [0, 0.1) is 5.92 Å². The molecule has 0 aliphatic carbocycles. The van der Waals surface area contributed by atoms with E-state index in [-0.39, 0.29) is 11.8 Å². The first-order valence-corrected chi connectivity index (χ1v) is 9.19. The van der Waals surface area contributed by atoms with E-state index in [1.165, 1.54) is 0 Å². The summed E-state index contributed by atoms with van der Waals surface area (Å²) in [7, 11) is 0. The van der Waals surface area contributed by atoms with Crippen LogP contribution in [0.15, 0.2) is 96.1 Å². The highest BCUT2D eigenvalue weighted by molar-refractivity contribution is 6.02. The number of hydrogen-bond acceptors (Lipinski definition) is 2. The minimum Gasteiger partial charge on any atom is -0.272 e. The molecule has 1 N–H and O–H groups in total. The van der Waals surface area contributed by atoms with Crippen molar-refractivity contribution in [3.63, 3.8) is 0 Å². The summed E-state index contributed by atoms with van der Waals surface area (Å²) in [6.07, 6.45) is 0. The van der Waals surface area contributed by atoms with Crippen LogP contribution in [0.2, 0.25) is 0 Å². The maximum Gasteiger partial charge on any atom is 0.252 e. The van der Waals surface area contributed by atoms with Gasteiger partial charge in [-0.15, -0.1) is 0 Å². The Bertz CT molecular complexity index is 848. The summed E-state index contributed by atoms with van der Waals surface area (Å²) >= 11 is 0. The van der Waals surface area contributed by atoms with Gasteiger partial charge >= 0.3 is 0 Å². The highest BCUT2D eigenvalue weighted by Crippen LogP contribution is 2.24. The lowest BCUT2D eigenvalue weighted by atomic mass is 9.91. The first-order valence-electron chi connectivity index (χ1n) is 9.19. The number of rotatable bonds is 6. The Kier molecular flexibility index (Phi) is 6.16. The van der Waals surface area contributed by atoms with Gasteiger partial charge < -0.3 is 0 Å². The summed E-state index contributed by atoms with van der Waals surface area (Å²) in [6.45, 7) is 4.15.